The van der Waals surface area contributed by atoms with E-state index in [-0.39, 0.29) is 78.6 Å². The van der Waals surface area contributed by atoms with Crippen LogP contribution in [0.2, 0.25) is 0 Å². The van der Waals surface area contributed by atoms with Gasteiger partial charge in [0.05, 0.1) is 79.3 Å². The lowest BCUT2D eigenvalue weighted by molar-refractivity contribution is -0.173. The fourth-order valence-electron chi connectivity index (χ4n) is 2.74. The molecule has 0 fully saturated rings. The summed E-state index contributed by atoms with van der Waals surface area (Å²) in [6.45, 7) is 16.5. The quantitative estimate of drug-likeness (QED) is 0.0410. The summed E-state index contributed by atoms with van der Waals surface area (Å²) in [5.74, 6) is -5.90. The number of ether oxygens (including phenoxy) is 6. The predicted molar refractivity (Wildman–Crippen MR) is 197 cm³/mol. The zero-order valence-corrected chi connectivity index (χ0v) is 34.6. The van der Waals surface area contributed by atoms with Crippen LogP contribution < -0.4 is 21.7 Å². The van der Waals surface area contributed by atoms with Gasteiger partial charge in [-0.2, -0.15) is 39.5 Å². The van der Waals surface area contributed by atoms with Crippen molar-refractivity contribution in [3.63, 3.8) is 0 Å². The van der Waals surface area contributed by atoms with E-state index in [4.69, 9.17) is 51.3 Å². The number of rotatable bonds is 26. The van der Waals surface area contributed by atoms with Gasteiger partial charge in [-0.15, -0.1) is 0 Å². The summed E-state index contributed by atoms with van der Waals surface area (Å²) in [5, 5.41) is 21.3. The molecule has 0 unspecified atom stereocenters. The Morgan fingerprint density at radius 1 is 0.542 bits per heavy atom. The van der Waals surface area contributed by atoms with E-state index in [0.29, 0.717) is 39.6 Å². The maximum atomic E-state index is 11.7. The molecular formula is C32H63ClF9N5O12. The highest BCUT2D eigenvalue weighted by molar-refractivity contribution is 6.17. The van der Waals surface area contributed by atoms with Crippen LogP contribution in [0.3, 0.4) is 0 Å². The van der Waals surface area contributed by atoms with Gasteiger partial charge in [0.15, 0.2) is 0 Å². The number of nitrogens with zero attached hydrogens (tertiary/aromatic N) is 1. The number of hydrogen-bond acceptors (Lipinski definition) is 14. The fourth-order valence-corrected chi connectivity index (χ4v) is 2.85. The number of aliphatic hydroxyl groups is 2. The number of aliphatic hydroxyl groups excluding tert-OH is 2. The van der Waals surface area contributed by atoms with E-state index in [2.05, 4.69) is 35.1 Å². The number of alkyl halides is 10. The normalized spacial score (nSPS) is 10.7. The summed E-state index contributed by atoms with van der Waals surface area (Å²) < 4.78 is 133. The molecule has 17 nitrogen and oxygen atoms in total. The molecule has 3 amide bonds. The third-order valence-corrected chi connectivity index (χ3v) is 5.62. The summed E-state index contributed by atoms with van der Waals surface area (Å²) >= 11 is 5.17. The van der Waals surface area contributed by atoms with Gasteiger partial charge in [-0.25, -0.2) is 0 Å². The van der Waals surface area contributed by atoms with Gasteiger partial charge in [-0.05, 0) is 26.6 Å². The van der Waals surface area contributed by atoms with Crippen LogP contribution in [0.1, 0.15) is 27.7 Å². The molecule has 0 aromatic carbocycles. The molecule has 0 bridgehead atoms. The third-order valence-electron chi connectivity index (χ3n) is 5.47. The van der Waals surface area contributed by atoms with Crippen molar-refractivity contribution < 1.29 is 97.3 Å². The van der Waals surface area contributed by atoms with Gasteiger partial charge in [-0.3, -0.25) is 14.4 Å². The first kappa shape index (κ1) is 68.1. The summed E-state index contributed by atoms with van der Waals surface area (Å²) in [7, 11) is 0. The standard InChI is InChI=1S/C8H14F3NO3.C7H11ClF3NO3.C6H10F3NO3.C6H15N.C4H11NO2.CH2O/c1-2-14-5-6-15-4-3-12-7(13)8(9,10)11;8-5-15-4-3-14-2-1-12-6(13)7(9,10)11;7-6(8,9)5(12)10-1-3-13-4-2-11;1-4-7(5-2)6-3;5-1-3-7-4-2-6;1-2/h2-6H2,1H3,(H,12,13);1-5H2,(H,12,13);11H,1-4H2,(H,10,12);4-6H2,1-3H3;6H,1-5H2;1H2. The van der Waals surface area contributed by atoms with Crippen molar-refractivity contribution in [2.24, 2.45) is 5.73 Å². The van der Waals surface area contributed by atoms with Crippen molar-refractivity contribution in [3.8, 4) is 0 Å². The molecule has 0 aliphatic carbocycles. The summed E-state index contributed by atoms with van der Waals surface area (Å²) in [6.07, 6.45) is -14.5. The molecule has 0 saturated carbocycles. The lowest BCUT2D eigenvalue weighted by atomic mass is 10.5. The molecule has 0 saturated heterocycles. The second-order valence-corrected chi connectivity index (χ2v) is 10.00. The highest BCUT2D eigenvalue weighted by Gasteiger charge is 2.39. The second-order valence-electron chi connectivity index (χ2n) is 9.78. The van der Waals surface area contributed by atoms with Crippen LogP contribution in [0, 0.1) is 0 Å². The number of hydrogen-bond donors (Lipinski definition) is 6. The minimum absolute atomic E-state index is 0.00648. The van der Waals surface area contributed by atoms with Crippen molar-refractivity contribution in [2.45, 2.75) is 46.2 Å². The maximum Gasteiger partial charge on any atom is 0.471 e. The van der Waals surface area contributed by atoms with Crippen LogP contribution >= 0.6 is 11.6 Å². The Balaban J connectivity index is -0.000000152. The monoisotopic (exact) mass is 915 g/mol. The van der Waals surface area contributed by atoms with Crippen LogP contribution in [0.25, 0.3) is 0 Å². The van der Waals surface area contributed by atoms with E-state index in [1.54, 1.807) is 16.0 Å². The lowest BCUT2D eigenvalue weighted by Crippen LogP contribution is -2.38. The number of carbonyl (C=O) groups excluding carboxylic acids is 4. The number of halogens is 10. The Bertz CT molecular complexity index is 868. The van der Waals surface area contributed by atoms with Gasteiger partial charge in [0, 0.05) is 32.8 Å². The van der Waals surface area contributed by atoms with E-state index < -0.39 is 36.3 Å². The predicted octanol–water partition coefficient (Wildman–Crippen LogP) is 1.40. The minimum atomic E-state index is -4.85. The zero-order chi connectivity index (χ0) is 47.0. The molecular weight excluding hydrogens is 853 g/mol. The van der Waals surface area contributed by atoms with Crippen molar-refractivity contribution in [3.05, 3.63) is 0 Å². The number of carbonyl (C=O) groups is 4. The van der Waals surface area contributed by atoms with E-state index >= 15 is 0 Å². The lowest BCUT2D eigenvalue weighted by Gasteiger charge is -2.13. The summed E-state index contributed by atoms with van der Waals surface area (Å²) in [4.78, 5) is 41.1. The van der Waals surface area contributed by atoms with E-state index in [1.165, 1.54) is 19.6 Å². The van der Waals surface area contributed by atoms with Crippen LogP contribution in [0.5, 0.6) is 0 Å². The highest BCUT2D eigenvalue weighted by atomic mass is 35.5. The molecule has 0 aliphatic heterocycles. The molecule has 0 atom stereocenters. The average Bonchev–Trinajstić information content (AvgIpc) is 3.18. The van der Waals surface area contributed by atoms with Crippen molar-refractivity contribution in [2.75, 3.05) is 138 Å². The Morgan fingerprint density at radius 2 is 0.831 bits per heavy atom. The number of nitrogens with two attached hydrogens (primary N) is 1. The minimum Gasteiger partial charge on any atom is -0.394 e. The molecule has 358 valence electrons. The molecule has 0 rings (SSSR count). The third kappa shape index (κ3) is 62.1. The smallest absolute Gasteiger partial charge is 0.394 e. The van der Waals surface area contributed by atoms with E-state index in [9.17, 15) is 53.9 Å². The maximum absolute atomic E-state index is 11.7. The largest absolute Gasteiger partial charge is 0.471 e. The molecule has 27 heteroatoms. The molecule has 59 heavy (non-hydrogen) atoms. The van der Waals surface area contributed by atoms with Crippen molar-refractivity contribution in [1.82, 2.24) is 20.9 Å². The van der Waals surface area contributed by atoms with Crippen molar-refractivity contribution >= 4 is 36.1 Å². The Hall–Kier alpha value is -2.66. The van der Waals surface area contributed by atoms with E-state index in [0.717, 1.165) is 0 Å². The average molecular weight is 916 g/mol. The van der Waals surface area contributed by atoms with Crippen molar-refractivity contribution in [1.29, 1.82) is 0 Å². The fraction of sp³-hybridized carbons (Fsp3) is 0.875. The SMILES string of the molecule is C=O.CCN(CC)CC.CCOCCOCCNC(=O)C(F)(F)F.NCCOCCO.O=C(NCCOCCO)C(F)(F)F.O=C(NCCOCCOCCl)C(F)(F)F. The Labute approximate surface area is 344 Å². The molecule has 0 aromatic rings. The van der Waals surface area contributed by atoms with Gasteiger partial charge < -0.3 is 70.0 Å². The molecule has 0 aliphatic rings. The first-order valence-electron chi connectivity index (χ1n) is 17.7. The Kier molecular flexibility index (Phi) is 57.4. The van der Waals surface area contributed by atoms with Gasteiger partial charge in [0.2, 0.25) is 0 Å². The van der Waals surface area contributed by atoms with E-state index in [1.807, 2.05) is 13.7 Å². The van der Waals surface area contributed by atoms with Crippen LogP contribution in [-0.4, -0.2) is 196 Å². The van der Waals surface area contributed by atoms with Crippen LogP contribution in [-0.2, 0) is 47.6 Å². The van der Waals surface area contributed by atoms with Gasteiger partial charge in [0.1, 0.15) is 12.9 Å². The summed E-state index contributed by atoms with van der Waals surface area (Å²) in [5.41, 5.74) is 5.06. The molecule has 0 aromatic heterocycles. The molecule has 0 radical (unpaired) electrons. The molecule has 7 N–H and O–H groups in total. The second kappa shape index (κ2) is 49.7. The van der Waals surface area contributed by atoms with Crippen LogP contribution in [0.4, 0.5) is 39.5 Å². The molecule has 0 spiro atoms. The zero-order valence-electron chi connectivity index (χ0n) is 33.8. The first-order chi connectivity index (χ1) is 27.7. The van der Waals surface area contributed by atoms with Gasteiger partial charge in [-0.1, -0.05) is 32.4 Å². The Morgan fingerprint density at radius 3 is 1.07 bits per heavy atom. The first-order valence-corrected chi connectivity index (χ1v) is 18.2. The van der Waals surface area contributed by atoms with Gasteiger partial charge in [0.25, 0.3) is 0 Å². The van der Waals surface area contributed by atoms with Gasteiger partial charge >= 0.3 is 36.3 Å². The topological polar surface area (TPSA) is 229 Å². The molecule has 0 heterocycles. The summed E-state index contributed by atoms with van der Waals surface area (Å²) in [6, 6.07) is 0.0359. The number of nitrogens with one attached hydrogen (secondary N) is 3. The highest BCUT2D eigenvalue weighted by Crippen LogP contribution is 2.15. The number of amides is 3. The van der Waals surface area contributed by atoms with Crippen LogP contribution in [0.15, 0.2) is 0 Å².